The van der Waals surface area contributed by atoms with E-state index in [-0.39, 0.29) is 5.82 Å². The third kappa shape index (κ3) is 1.86. The Morgan fingerprint density at radius 1 is 1.20 bits per heavy atom. The molecule has 20 heavy (non-hydrogen) atoms. The fraction of sp³-hybridized carbons (Fsp3) is 0.0625. The molecule has 1 heterocycles. The van der Waals surface area contributed by atoms with Crippen molar-refractivity contribution in [1.29, 1.82) is 0 Å². The highest BCUT2D eigenvalue weighted by atomic mass is 19.1. The van der Waals surface area contributed by atoms with Crippen molar-refractivity contribution >= 4 is 17.2 Å². The molecule has 0 saturated heterocycles. The average molecular weight is 269 g/mol. The Morgan fingerprint density at radius 2 is 2.00 bits per heavy atom. The largest absolute Gasteiger partial charge is 0.496 e. The molecule has 0 atom stereocenters. The number of para-hydroxylation sites is 1. The van der Waals surface area contributed by atoms with Crippen LogP contribution in [0.1, 0.15) is 10.4 Å². The molecule has 2 aromatic carbocycles. The molecule has 0 aliphatic carbocycles. The van der Waals surface area contributed by atoms with Crippen LogP contribution in [0, 0.1) is 5.82 Å². The lowest BCUT2D eigenvalue weighted by molar-refractivity contribution is 0.112. The SMILES string of the molecule is COc1ccccc1-c1[nH]c2ccc(F)cc2c1C=O. The Hall–Kier alpha value is -2.62. The molecule has 1 aromatic heterocycles. The van der Waals surface area contributed by atoms with Gasteiger partial charge >= 0.3 is 0 Å². The zero-order valence-corrected chi connectivity index (χ0v) is 10.8. The lowest BCUT2D eigenvalue weighted by Gasteiger charge is -2.07. The fourth-order valence-electron chi connectivity index (χ4n) is 2.37. The Bertz CT molecular complexity index is 792. The number of aromatic nitrogens is 1. The van der Waals surface area contributed by atoms with Crippen molar-refractivity contribution in [1.82, 2.24) is 4.98 Å². The third-order valence-corrected chi connectivity index (χ3v) is 3.29. The van der Waals surface area contributed by atoms with Crippen molar-refractivity contribution in [3.63, 3.8) is 0 Å². The van der Waals surface area contributed by atoms with Crippen molar-refractivity contribution in [2.24, 2.45) is 0 Å². The first kappa shape index (κ1) is 12.4. The van der Waals surface area contributed by atoms with E-state index in [9.17, 15) is 9.18 Å². The monoisotopic (exact) mass is 269 g/mol. The number of hydrogen-bond donors (Lipinski definition) is 1. The minimum Gasteiger partial charge on any atom is -0.496 e. The summed E-state index contributed by atoms with van der Waals surface area (Å²) in [5.74, 6) is 0.286. The maximum Gasteiger partial charge on any atom is 0.152 e. The van der Waals surface area contributed by atoms with Crippen molar-refractivity contribution in [2.45, 2.75) is 0 Å². The quantitative estimate of drug-likeness (QED) is 0.735. The smallest absolute Gasteiger partial charge is 0.152 e. The maximum atomic E-state index is 13.4. The van der Waals surface area contributed by atoms with Crippen LogP contribution in [0.3, 0.4) is 0 Å². The number of halogens is 1. The number of hydrogen-bond acceptors (Lipinski definition) is 2. The molecule has 0 spiro atoms. The van der Waals surface area contributed by atoms with Gasteiger partial charge in [0.1, 0.15) is 11.6 Å². The first-order valence-electron chi connectivity index (χ1n) is 6.14. The van der Waals surface area contributed by atoms with Gasteiger partial charge in [0.25, 0.3) is 0 Å². The van der Waals surface area contributed by atoms with Gasteiger partial charge in [0, 0.05) is 22.0 Å². The zero-order valence-electron chi connectivity index (χ0n) is 10.8. The topological polar surface area (TPSA) is 42.1 Å². The van der Waals surface area contributed by atoms with Gasteiger partial charge in [0.15, 0.2) is 6.29 Å². The lowest BCUT2D eigenvalue weighted by atomic mass is 10.1. The van der Waals surface area contributed by atoms with Crippen molar-refractivity contribution in [2.75, 3.05) is 7.11 Å². The molecule has 0 fully saturated rings. The average Bonchev–Trinajstić information content (AvgIpc) is 2.84. The summed E-state index contributed by atoms with van der Waals surface area (Å²) in [6.45, 7) is 0. The van der Waals surface area contributed by atoms with Crippen LogP contribution in [0.2, 0.25) is 0 Å². The van der Waals surface area contributed by atoms with E-state index in [2.05, 4.69) is 4.98 Å². The van der Waals surface area contributed by atoms with Crippen molar-refractivity contribution in [3.05, 3.63) is 53.8 Å². The Labute approximate surface area is 115 Å². The van der Waals surface area contributed by atoms with Crippen LogP contribution < -0.4 is 4.74 Å². The molecule has 0 unspecified atom stereocenters. The minimum absolute atomic E-state index is 0.369. The first-order valence-corrected chi connectivity index (χ1v) is 6.14. The minimum atomic E-state index is -0.369. The van der Waals surface area contributed by atoms with E-state index in [0.29, 0.717) is 22.4 Å². The van der Waals surface area contributed by atoms with Gasteiger partial charge in [-0.3, -0.25) is 4.79 Å². The number of nitrogens with one attached hydrogen (secondary N) is 1. The number of fused-ring (bicyclic) bond motifs is 1. The predicted molar refractivity (Wildman–Crippen MR) is 75.6 cm³/mol. The molecule has 3 nitrogen and oxygen atoms in total. The van der Waals surface area contributed by atoms with Gasteiger partial charge < -0.3 is 9.72 Å². The van der Waals surface area contributed by atoms with Crippen LogP contribution in [0.25, 0.3) is 22.2 Å². The maximum absolute atomic E-state index is 13.4. The summed E-state index contributed by atoms with van der Waals surface area (Å²) in [5, 5.41) is 0.570. The van der Waals surface area contributed by atoms with E-state index in [4.69, 9.17) is 4.74 Å². The van der Waals surface area contributed by atoms with Crippen LogP contribution in [-0.4, -0.2) is 18.4 Å². The molecule has 3 rings (SSSR count). The molecule has 0 radical (unpaired) electrons. The lowest BCUT2D eigenvalue weighted by Crippen LogP contribution is -1.90. The summed E-state index contributed by atoms with van der Waals surface area (Å²) in [4.78, 5) is 14.6. The second kappa shape index (κ2) is 4.81. The van der Waals surface area contributed by atoms with Gasteiger partial charge in [0.05, 0.1) is 12.8 Å². The summed E-state index contributed by atoms with van der Waals surface area (Å²) in [6, 6.07) is 11.7. The van der Waals surface area contributed by atoms with Crippen LogP contribution >= 0.6 is 0 Å². The molecule has 0 saturated carbocycles. The molecular formula is C16H12FNO2. The van der Waals surface area contributed by atoms with Gasteiger partial charge in [-0.1, -0.05) is 12.1 Å². The highest BCUT2D eigenvalue weighted by Gasteiger charge is 2.15. The van der Waals surface area contributed by atoms with E-state index < -0.39 is 0 Å². The highest BCUT2D eigenvalue weighted by Crippen LogP contribution is 2.34. The Kier molecular flexibility index (Phi) is 2.99. The number of aldehydes is 1. The number of aromatic amines is 1. The molecule has 0 bridgehead atoms. The van der Waals surface area contributed by atoms with E-state index in [1.807, 2.05) is 24.3 Å². The van der Waals surface area contributed by atoms with Gasteiger partial charge in [-0.05, 0) is 30.3 Å². The van der Waals surface area contributed by atoms with Crippen LogP contribution in [0.15, 0.2) is 42.5 Å². The molecular weight excluding hydrogens is 257 g/mol. The summed E-state index contributed by atoms with van der Waals surface area (Å²) in [6.07, 6.45) is 0.736. The van der Waals surface area contributed by atoms with Gasteiger partial charge in [0.2, 0.25) is 0 Å². The number of carbonyl (C=O) groups is 1. The summed E-state index contributed by atoms with van der Waals surface area (Å²) in [7, 11) is 1.57. The number of rotatable bonds is 3. The standard InChI is InChI=1S/C16H12FNO2/c1-20-15-5-3-2-4-11(15)16-13(9-19)12-8-10(17)6-7-14(12)18-16/h2-9,18H,1H3. The Balaban J connectivity index is 2.33. The zero-order chi connectivity index (χ0) is 14.1. The summed E-state index contributed by atoms with van der Waals surface area (Å²) in [5.41, 5.74) is 2.56. The van der Waals surface area contributed by atoms with Crippen molar-refractivity contribution < 1.29 is 13.9 Å². The molecule has 0 amide bonds. The number of ether oxygens (including phenoxy) is 1. The number of methoxy groups -OCH3 is 1. The first-order chi connectivity index (χ1) is 9.74. The second-order valence-corrected chi connectivity index (χ2v) is 4.42. The van der Waals surface area contributed by atoms with Crippen LogP contribution in [0.5, 0.6) is 5.75 Å². The van der Waals surface area contributed by atoms with E-state index in [0.717, 1.165) is 17.4 Å². The van der Waals surface area contributed by atoms with Gasteiger partial charge in [-0.15, -0.1) is 0 Å². The normalized spacial score (nSPS) is 10.7. The number of H-pyrrole nitrogens is 1. The number of benzene rings is 2. The fourth-order valence-corrected chi connectivity index (χ4v) is 2.37. The van der Waals surface area contributed by atoms with Gasteiger partial charge in [-0.2, -0.15) is 0 Å². The second-order valence-electron chi connectivity index (χ2n) is 4.42. The Morgan fingerprint density at radius 3 is 2.75 bits per heavy atom. The van der Waals surface area contributed by atoms with Crippen LogP contribution in [-0.2, 0) is 0 Å². The van der Waals surface area contributed by atoms with E-state index in [1.165, 1.54) is 12.1 Å². The molecule has 0 aliphatic rings. The van der Waals surface area contributed by atoms with Crippen molar-refractivity contribution in [3.8, 4) is 17.0 Å². The highest BCUT2D eigenvalue weighted by molar-refractivity contribution is 6.04. The van der Waals surface area contributed by atoms with Crippen LogP contribution in [0.4, 0.5) is 4.39 Å². The predicted octanol–water partition coefficient (Wildman–Crippen LogP) is 3.80. The molecule has 1 N–H and O–H groups in total. The molecule has 100 valence electrons. The molecule has 4 heteroatoms. The van der Waals surface area contributed by atoms with Gasteiger partial charge in [-0.25, -0.2) is 4.39 Å². The summed E-state index contributed by atoms with van der Waals surface area (Å²) >= 11 is 0. The summed E-state index contributed by atoms with van der Waals surface area (Å²) < 4.78 is 18.7. The molecule has 0 aliphatic heterocycles. The van der Waals surface area contributed by atoms with E-state index >= 15 is 0 Å². The molecule has 3 aromatic rings. The number of carbonyl (C=O) groups excluding carboxylic acids is 1. The third-order valence-electron chi connectivity index (χ3n) is 3.29. The van der Waals surface area contributed by atoms with E-state index in [1.54, 1.807) is 13.2 Å².